The van der Waals surface area contributed by atoms with E-state index in [1.54, 1.807) is 29.2 Å². The van der Waals surface area contributed by atoms with Gasteiger partial charge in [0.25, 0.3) is 5.91 Å². The maximum Gasteiger partial charge on any atom is 0.257 e. The Morgan fingerprint density at radius 2 is 2.00 bits per heavy atom. The summed E-state index contributed by atoms with van der Waals surface area (Å²) >= 11 is 5.89. The number of benzene rings is 1. The summed E-state index contributed by atoms with van der Waals surface area (Å²) in [7, 11) is 0. The summed E-state index contributed by atoms with van der Waals surface area (Å²) in [5.41, 5.74) is 1.41. The highest BCUT2D eigenvalue weighted by atomic mass is 35.5. The number of carbonyl (C=O) groups is 2. The molecule has 124 valence electrons. The van der Waals surface area contributed by atoms with E-state index < -0.39 is 0 Å². The molecule has 2 aliphatic heterocycles. The minimum Gasteiger partial charge on any atom is -0.336 e. The van der Waals surface area contributed by atoms with Crippen molar-refractivity contribution in [3.8, 4) is 5.69 Å². The fraction of sp³-hybridized carbons (Fsp3) is 0.353. The van der Waals surface area contributed by atoms with Gasteiger partial charge in [0.2, 0.25) is 5.91 Å². The number of aromatic nitrogens is 2. The number of amides is 2. The van der Waals surface area contributed by atoms with Crippen LogP contribution in [0.2, 0.25) is 5.02 Å². The second kappa shape index (κ2) is 5.94. The van der Waals surface area contributed by atoms with Gasteiger partial charge in [-0.15, -0.1) is 0 Å². The van der Waals surface area contributed by atoms with Gasteiger partial charge in [0.05, 0.1) is 17.4 Å². The summed E-state index contributed by atoms with van der Waals surface area (Å²) in [5, 5.41) is 4.93. The summed E-state index contributed by atoms with van der Waals surface area (Å²) < 4.78 is 1.67. The van der Waals surface area contributed by atoms with E-state index in [0.29, 0.717) is 36.6 Å². The third-order valence-corrected chi connectivity index (χ3v) is 4.95. The molecule has 2 saturated heterocycles. The molecule has 2 amide bonds. The molecule has 1 aromatic heterocycles. The lowest BCUT2D eigenvalue weighted by atomic mass is 10.1. The lowest BCUT2D eigenvalue weighted by Crippen LogP contribution is -2.53. The number of fused-ring (bicyclic) bond motifs is 1. The third kappa shape index (κ3) is 2.67. The van der Waals surface area contributed by atoms with Gasteiger partial charge in [0.1, 0.15) is 0 Å². The highest BCUT2D eigenvalue weighted by Gasteiger charge is 2.37. The molecule has 4 rings (SSSR count). The second-order valence-corrected chi connectivity index (χ2v) is 6.62. The van der Waals surface area contributed by atoms with Crippen LogP contribution in [0.15, 0.2) is 36.7 Å². The molecule has 24 heavy (non-hydrogen) atoms. The SMILES string of the molecule is O=C(c1cnn(-c2ccc(Cl)cc2)c1)N1CCN2C(=O)CCC2C1. The predicted molar refractivity (Wildman–Crippen MR) is 89.2 cm³/mol. The number of piperazine rings is 1. The molecule has 0 N–H and O–H groups in total. The number of hydrogen-bond donors (Lipinski definition) is 0. The van der Waals surface area contributed by atoms with Gasteiger partial charge in [-0.25, -0.2) is 4.68 Å². The molecule has 0 spiro atoms. The van der Waals surface area contributed by atoms with E-state index in [0.717, 1.165) is 12.1 Å². The first-order chi connectivity index (χ1) is 11.6. The van der Waals surface area contributed by atoms with Gasteiger partial charge in [0.15, 0.2) is 0 Å². The number of nitrogens with zero attached hydrogens (tertiary/aromatic N) is 4. The van der Waals surface area contributed by atoms with Crippen LogP contribution in [-0.2, 0) is 4.79 Å². The third-order valence-electron chi connectivity index (χ3n) is 4.70. The van der Waals surface area contributed by atoms with Crippen LogP contribution >= 0.6 is 11.6 Å². The van der Waals surface area contributed by atoms with Gasteiger partial charge < -0.3 is 9.80 Å². The van der Waals surface area contributed by atoms with E-state index in [1.807, 2.05) is 21.9 Å². The maximum absolute atomic E-state index is 12.7. The van der Waals surface area contributed by atoms with Gasteiger partial charge >= 0.3 is 0 Å². The van der Waals surface area contributed by atoms with Crippen molar-refractivity contribution >= 4 is 23.4 Å². The van der Waals surface area contributed by atoms with E-state index >= 15 is 0 Å². The molecule has 0 bridgehead atoms. The molecule has 0 saturated carbocycles. The lowest BCUT2D eigenvalue weighted by Gasteiger charge is -2.37. The summed E-state index contributed by atoms with van der Waals surface area (Å²) in [4.78, 5) is 28.2. The molecule has 6 nitrogen and oxygen atoms in total. The van der Waals surface area contributed by atoms with E-state index in [1.165, 1.54) is 0 Å². The Morgan fingerprint density at radius 1 is 1.21 bits per heavy atom. The maximum atomic E-state index is 12.7. The van der Waals surface area contributed by atoms with Crippen LogP contribution < -0.4 is 0 Å². The standard InChI is InChI=1S/C17H17ClN4O2/c18-13-1-3-14(4-2-13)22-10-12(9-19-22)17(24)20-7-8-21-15(11-20)5-6-16(21)23/h1-4,9-10,15H,5-8,11H2. The van der Waals surface area contributed by atoms with Gasteiger partial charge in [-0.1, -0.05) is 11.6 Å². The first-order valence-electron chi connectivity index (χ1n) is 8.01. The normalized spacial score (nSPS) is 20.4. The number of carbonyl (C=O) groups excluding carboxylic acids is 2. The van der Waals surface area contributed by atoms with E-state index in [4.69, 9.17) is 11.6 Å². The minimum absolute atomic E-state index is 0.0331. The van der Waals surface area contributed by atoms with Crippen molar-refractivity contribution in [3.05, 3.63) is 47.2 Å². The van der Waals surface area contributed by atoms with Gasteiger partial charge in [-0.3, -0.25) is 9.59 Å². The van der Waals surface area contributed by atoms with Crippen molar-refractivity contribution in [2.75, 3.05) is 19.6 Å². The molecule has 0 aliphatic carbocycles. The van der Waals surface area contributed by atoms with Gasteiger partial charge in [0, 0.05) is 43.3 Å². The first-order valence-corrected chi connectivity index (χ1v) is 8.39. The molecule has 0 radical (unpaired) electrons. The van der Waals surface area contributed by atoms with Gasteiger partial charge in [-0.2, -0.15) is 5.10 Å². The molecule has 1 unspecified atom stereocenters. The largest absolute Gasteiger partial charge is 0.336 e. The average molecular weight is 345 g/mol. The van der Waals surface area contributed by atoms with Crippen LogP contribution in [0.3, 0.4) is 0 Å². The Hall–Kier alpha value is -2.34. The lowest BCUT2D eigenvalue weighted by molar-refractivity contribution is -0.130. The van der Waals surface area contributed by atoms with E-state index in [2.05, 4.69) is 5.10 Å². The summed E-state index contributed by atoms with van der Waals surface area (Å²) in [6.07, 6.45) is 4.76. The topological polar surface area (TPSA) is 58.4 Å². The quantitative estimate of drug-likeness (QED) is 0.837. The van der Waals surface area contributed by atoms with Crippen LogP contribution in [0.4, 0.5) is 0 Å². The van der Waals surface area contributed by atoms with Crippen molar-refractivity contribution in [1.29, 1.82) is 0 Å². The predicted octanol–water partition coefficient (Wildman–Crippen LogP) is 1.97. The smallest absolute Gasteiger partial charge is 0.257 e. The number of halogens is 1. The molecule has 1 atom stereocenters. The molecule has 2 aromatic rings. The Labute approximate surface area is 144 Å². The molecular formula is C17H17ClN4O2. The van der Waals surface area contributed by atoms with Crippen molar-refractivity contribution in [3.63, 3.8) is 0 Å². The molecule has 7 heteroatoms. The molecule has 2 fully saturated rings. The Morgan fingerprint density at radius 3 is 2.79 bits per heavy atom. The summed E-state index contributed by atoms with van der Waals surface area (Å²) in [6, 6.07) is 7.45. The van der Waals surface area contributed by atoms with Crippen molar-refractivity contribution in [2.24, 2.45) is 0 Å². The highest BCUT2D eigenvalue weighted by molar-refractivity contribution is 6.30. The van der Waals surface area contributed by atoms with E-state index in [-0.39, 0.29) is 17.9 Å². The molecule has 2 aliphatic rings. The van der Waals surface area contributed by atoms with Crippen LogP contribution in [0.25, 0.3) is 5.69 Å². The molecule has 3 heterocycles. The molecule has 1 aromatic carbocycles. The fourth-order valence-corrected chi connectivity index (χ4v) is 3.53. The van der Waals surface area contributed by atoms with Crippen LogP contribution in [0, 0.1) is 0 Å². The highest BCUT2D eigenvalue weighted by Crippen LogP contribution is 2.24. The minimum atomic E-state index is -0.0331. The van der Waals surface area contributed by atoms with Crippen molar-refractivity contribution < 1.29 is 9.59 Å². The zero-order valence-electron chi connectivity index (χ0n) is 13.1. The zero-order chi connectivity index (χ0) is 16.7. The summed E-state index contributed by atoms with van der Waals surface area (Å²) in [6.45, 7) is 1.81. The van der Waals surface area contributed by atoms with Gasteiger partial charge in [-0.05, 0) is 30.7 Å². The average Bonchev–Trinajstić information content (AvgIpc) is 3.22. The first kappa shape index (κ1) is 15.2. The van der Waals surface area contributed by atoms with Crippen LogP contribution in [0.1, 0.15) is 23.2 Å². The van der Waals surface area contributed by atoms with E-state index in [9.17, 15) is 9.59 Å². The van der Waals surface area contributed by atoms with Crippen molar-refractivity contribution in [1.82, 2.24) is 19.6 Å². The Kier molecular flexibility index (Phi) is 3.76. The second-order valence-electron chi connectivity index (χ2n) is 6.18. The summed E-state index contributed by atoms with van der Waals surface area (Å²) in [5.74, 6) is 0.178. The number of hydrogen-bond acceptors (Lipinski definition) is 3. The molecular weight excluding hydrogens is 328 g/mol. The number of rotatable bonds is 2. The Balaban J connectivity index is 1.49. The van der Waals surface area contributed by atoms with Crippen LogP contribution in [0.5, 0.6) is 0 Å². The van der Waals surface area contributed by atoms with Crippen LogP contribution in [-0.4, -0.2) is 57.1 Å². The van der Waals surface area contributed by atoms with Crippen molar-refractivity contribution in [2.45, 2.75) is 18.9 Å². The fourth-order valence-electron chi connectivity index (χ4n) is 3.40. The monoisotopic (exact) mass is 344 g/mol. The zero-order valence-corrected chi connectivity index (χ0v) is 13.8. The Bertz CT molecular complexity index is 786.